The molecule has 2 rings (SSSR count). The zero-order valence-electron chi connectivity index (χ0n) is 16.2. The predicted molar refractivity (Wildman–Crippen MR) is 109 cm³/mol. The average Bonchev–Trinajstić information content (AvgIpc) is 2.96. The number of ketones is 2. The molecule has 2 aromatic rings. The fraction of sp³-hybridized carbons (Fsp3) is 0.300. The van der Waals surface area contributed by atoms with Gasteiger partial charge in [0.2, 0.25) is 5.91 Å². The number of rotatable bonds is 8. The Bertz CT molecular complexity index is 915. The summed E-state index contributed by atoms with van der Waals surface area (Å²) in [6.07, 6.45) is 0. The fourth-order valence-electron chi connectivity index (χ4n) is 2.56. The molecule has 1 amide bonds. The average molecular weight is 402 g/mol. The van der Waals surface area contributed by atoms with Gasteiger partial charge in [-0.05, 0) is 57.5 Å². The summed E-state index contributed by atoms with van der Waals surface area (Å²) in [5.74, 6) is -1.17. The lowest BCUT2D eigenvalue weighted by atomic mass is 10.1. The van der Waals surface area contributed by atoms with Crippen LogP contribution in [0.2, 0.25) is 0 Å². The Morgan fingerprint density at radius 3 is 2.21 bits per heavy atom. The number of hydrogen-bond donors (Lipinski definition) is 2. The van der Waals surface area contributed by atoms with Gasteiger partial charge in [-0.1, -0.05) is 0 Å². The van der Waals surface area contributed by atoms with E-state index in [1.54, 1.807) is 38.1 Å². The highest BCUT2D eigenvalue weighted by molar-refractivity contribution is 7.18. The number of carbonyl (C=O) groups excluding carboxylic acids is 4. The minimum Gasteiger partial charge on any atom is -0.462 e. The lowest BCUT2D eigenvalue weighted by Crippen LogP contribution is -2.22. The second-order valence-corrected chi connectivity index (χ2v) is 7.09. The zero-order valence-corrected chi connectivity index (χ0v) is 17.0. The van der Waals surface area contributed by atoms with Crippen molar-refractivity contribution in [3.63, 3.8) is 0 Å². The number of Topliss-reactive ketones (excluding diaryl/α,β-unsaturated/α-hetero) is 2. The molecule has 0 aliphatic heterocycles. The molecule has 0 unspecified atom stereocenters. The number of amides is 1. The van der Waals surface area contributed by atoms with Gasteiger partial charge in [-0.15, -0.1) is 11.3 Å². The van der Waals surface area contributed by atoms with E-state index in [1.807, 2.05) is 0 Å². The standard InChI is InChI=1S/C20H22N2O5S/c1-5-27-20(26)17-11(2)18(13(4)24)28-19(17)22-16(25)10-21-15-8-6-14(7-9-15)12(3)23/h6-9,21H,5,10H2,1-4H3,(H,22,25). The molecule has 0 aliphatic carbocycles. The van der Waals surface area contributed by atoms with Crippen LogP contribution >= 0.6 is 11.3 Å². The highest BCUT2D eigenvalue weighted by Crippen LogP contribution is 2.34. The molecule has 0 bridgehead atoms. The van der Waals surface area contributed by atoms with Gasteiger partial charge in [0.05, 0.1) is 23.6 Å². The van der Waals surface area contributed by atoms with Gasteiger partial charge in [-0.2, -0.15) is 0 Å². The number of thiophene rings is 1. The Morgan fingerprint density at radius 1 is 1.04 bits per heavy atom. The van der Waals surface area contributed by atoms with Crippen molar-refractivity contribution in [1.29, 1.82) is 0 Å². The Balaban J connectivity index is 2.12. The molecule has 1 heterocycles. The molecule has 0 saturated carbocycles. The number of anilines is 2. The molecule has 1 aromatic heterocycles. The SMILES string of the molecule is CCOC(=O)c1c(NC(=O)CNc2ccc(C(C)=O)cc2)sc(C(C)=O)c1C. The molecule has 8 heteroatoms. The van der Waals surface area contributed by atoms with Crippen molar-refractivity contribution in [2.75, 3.05) is 23.8 Å². The summed E-state index contributed by atoms with van der Waals surface area (Å²) in [7, 11) is 0. The largest absolute Gasteiger partial charge is 0.462 e. The Hall–Kier alpha value is -3.00. The van der Waals surface area contributed by atoms with Crippen molar-refractivity contribution < 1.29 is 23.9 Å². The van der Waals surface area contributed by atoms with Crippen LogP contribution in [0.5, 0.6) is 0 Å². The van der Waals surface area contributed by atoms with Crippen LogP contribution in [0.3, 0.4) is 0 Å². The van der Waals surface area contributed by atoms with E-state index in [2.05, 4.69) is 10.6 Å². The first-order valence-electron chi connectivity index (χ1n) is 8.70. The number of carbonyl (C=O) groups is 4. The Kier molecular flexibility index (Phi) is 7.06. The second kappa shape index (κ2) is 9.27. The second-order valence-electron chi connectivity index (χ2n) is 6.07. The third kappa shape index (κ3) is 5.04. The van der Waals surface area contributed by atoms with Crippen LogP contribution < -0.4 is 10.6 Å². The van der Waals surface area contributed by atoms with E-state index in [9.17, 15) is 19.2 Å². The van der Waals surface area contributed by atoms with Crippen LogP contribution in [0.25, 0.3) is 0 Å². The molecule has 0 spiro atoms. The number of hydrogen-bond acceptors (Lipinski definition) is 7. The highest BCUT2D eigenvalue weighted by atomic mass is 32.1. The molecule has 0 saturated heterocycles. The van der Waals surface area contributed by atoms with Crippen LogP contribution in [0.4, 0.5) is 10.7 Å². The lowest BCUT2D eigenvalue weighted by Gasteiger charge is -2.09. The lowest BCUT2D eigenvalue weighted by molar-refractivity contribution is -0.114. The minimum absolute atomic E-state index is 0.0369. The van der Waals surface area contributed by atoms with Gasteiger partial charge in [0, 0.05) is 11.3 Å². The Labute approximate surface area is 167 Å². The van der Waals surface area contributed by atoms with Crippen LogP contribution in [0.1, 0.15) is 56.7 Å². The van der Waals surface area contributed by atoms with Crippen molar-refractivity contribution in [2.24, 2.45) is 0 Å². The first-order chi connectivity index (χ1) is 13.2. The van der Waals surface area contributed by atoms with Crippen molar-refractivity contribution in [1.82, 2.24) is 0 Å². The normalized spacial score (nSPS) is 10.3. The van der Waals surface area contributed by atoms with Gasteiger partial charge >= 0.3 is 5.97 Å². The van der Waals surface area contributed by atoms with Gasteiger partial charge in [0.25, 0.3) is 0 Å². The molecular weight excluding hydrogens is 380 g/mol. The first-order valence-corrected chi connectivity index (χ1v) is 9.52. The molecule has 28 heavy (non-hydrogen) atoms. The predicted octanol–water partition coefficient (Wildman–Crippen LogP) is 3.69. The van der Waals surface area contributed by atoms with Gasteiger partial charge in [-0.3, -0.25) is 14.4 Å². The van der Waals surface area contributed by atoms with Crippen LogP contribution in [0.15, 0.2) is 24.3 Å². The maximum absolute atomic E-state index is 12.3. The third-order valence-electron chi connectivity index (χ3n) is 3.94. The molecular formula is C20H22N2O5S. The summed E-state index contributed by atoms with van der Waals surface area (Å²) in [6.45, 7) is 6.37. The maximum atomic E-state index is 12.3. The van der Waals surface area contributed by atoms with Crippen LogP contribution in [-0.2, 0) is 9.53 Å². The monoisotopic (exact) mass is 402 g/mol. The van der Waals surface area contributed by atoms with E-state index in [-0.39, 0.29) is 36.2 Å². The smallest absolute Gasteiger partial charge is 0.341 e. The number of ether oxygens (including phenoxy) is 1. The summed E-state index contributed by atoms with van der Waals surface area (Å²) < 4.78 is 5.05. The third-order valence-corrected chi connectivity index (χ3v) is 5.25. The molecule has 2 N–H and O–H groups in total. The summed E-state index contributed by atoms with van der Waals surface area (Å²) in [5, 5.41) is 5.91. The van der Waals surface area contributed by atoms with Gasteiger partial charge in [-0.25, -0.2) is 4.79 Å². The van der Waals surface area contributed by atoms with Gasteiger partial charge in [0.1, 0.15) is 5.00 Å². The summed E-state index contributed by atoms with van der Waals surface area (Å²) in [6, 6.07) is 6.75. The quantitative estimate of drug-likeness (QED) is 0.516. The van der Waals surface area contributed by atoms with Crippen molar-refractivity contribution in [2.45, 2.75) is 27.7 Å². The maximum Gasteiger partial charge on any atom is 0.341 e. The molecule has 0 fully saturated rings. The first kappa shape index (κ1) is 21.3. The number of esters is 1. The van der Waals surface area contributed by atoms with E-state index >= 15 is 0 Å². The molecule has 0 aliphatic rings. The Morgan fingerprint density at radius 2 is 1.68 bits per heavy atom. The topological polar surface area (TPSA) is 102 Å². The number of benzene rings is 1. The molecule has 1 aromatic carbocycles. The zero-order chi connectivity index (χ0) is 20.8. The van der Waals surface area contributed by atoms with Crippen LogP contribution in [-0.4, -0.2) is 36.6 Å². The molecule has 148 valence electrons. The summed E-state index contributed by atoms with van der Waals surface area (Å²) in [5.41, 5.74) is 1.97. The molecule has 0 radical (unpaired) electrons. The van der Waals surface area contributed by atoms with Crippen molar-refractivity contribution in [3.8, 4) is 0 Å². The minimum atomic E-state index is -0.577. The van der Waals surface area contributed by atoms with Crippen LogP contribution in [0, 0.1) is 6.92 Å². The summed E-state index contributed by atoms with van der Waals surface area (Å²) >= 11 is 1.06. The van der Waals surface area contributed by atoms with E-state index in [0.717, 1.165) is 11.3 Å². The molecule has 0 atom stereocenters. The summed E-state index contributed by atoms with van der Waals surface area (Å²) in [4.78, 5) is 48.1. The van der Waals surface area contributed by atoms with E-state index in [0.29, 0.717) is 26.7 Å². The number of nitrogens with one attached hydrogen (secondary N) is 2. The highest BCUT2D eigenvalue weighted by Gasteiger charge is 2.25. The van der Waals surface area contributed by atoms with Crippen molar-refractivity contribution in [3.05, 3.63) is 45.8 Å². The van der Waals surface area contributed by atoms with E-state index < -0.39 is 5.97 Å². The molecule has 7 nitrogen and oxygen atoms in total. The van der Waals surface area contributed by atoms with Gasteiger partial charge in [0.15, 0.2) is 11.6 Å². The van der Waals surface area contributed by atoms with E-state index in [4.69, 9.17) is 4.74 Å². The van der Waals surface area contributed by atoms with E-state index in [1.165, 1.54) is 13.8 Å². The van der Waals surface area contributed by atoms with Gasteiger partial charge < -0.3 is 15.4 Å². The van der Waals surface area contributed by atoms with Crippen molar-refractivity contribution >= 4 is 45.5 Å². The fourth-order valence-corrected chi connectivity index (χ4v) is 3.67.